The number of aliphatic hydroxyl groups is 1. The molecule has 0 aromatic carbocycles. The highest BCUT2D eigenvalue weighted by Gasteiger charge is 2.46. The Morgan fingerprint density at radius 3 is 2.79 bits per heavy atom. The monoisotopic (exact) mass is 198 g/mol. The Labute approximate surface area is 86.6 Å². The molecule has 2 rings (SSSR count). The highest BCUT2D eigenvalue weighted by molar-refractivity contribution is 4.96. The topological polar surface area (TPSA) is 29.5 Å². The minimum atomic E-state index is 0.127. The second-order valence-electron chi connectivity index (χ2n) is 4.88. The van der Waals surface area contributed by atoms with Crippen LogP contribution in [0.15, 0.2) is 0 Å². The molecule has 1 saturated heterocycles. The molecule has 1 heterocycles. The van der Waals surface area contributed by atoms with Crippen LogP contribution in [0.5, 0.6) is 0 Å². The van der Waals surface area contributed by atoms with Crippen molar-refractivity contribution < 1.29 is 9.84 Å². The molecule has 1 N–H and O–H groups in total. The zero-order valence-electron chi connectivity index (χ0n) is 9.17. The summed E-state index contributed by atoms with van der Waals surface area (Å²) in [6.45, 7) is 2.48. The number of rotatable bonds is 2. The van der Waals surface area contributed by atoms with Crippen molar-refractivity contribution in [1.82, 2.24) is 0 Å². The average molecular weight is 198 g/mol. The third kappa shape index (κ3) is 1.70. The van der Waals surface area contributed by atoms with Gasteiger partial charge in [-0.15, -0.1) is 0 Å². The Balaban J connectivity index is 2.05. The van der Waals surface area contributed by atoms with Crippen molar-refractivity contribution in [3.05, 3.63) is 0 Å². The molecule has 0 aromatic heterocycles. The molecule has 0 unspecified atom stereocenters. The van der Waals surface area contributed by atoms with Crippen LogP contribution in [0.4, 0.5) is 0 Å². The van der Waals surface area contributed by atoms with Gasteiger partial charge in [0.05, 0.1) is 18.3 Å². The number of ether oxygens (including phenoxy) is 1. The highest BCUT2D eigenvalue weighted by atomic mass is 16.5. The van der Waals surface area contributed by atoms with Crippen LogP contribution in [0, 0.1) is 5.92 Å². The van der Waals surface area contributed by atoms with Crippen LogP contribution in [0.1, 0.15) is 51.9 Å². The molecule has 2 heteroatoms. The van der Waals surface area contributed by atoms with Gasteiger partial charge in [-0.3, -0.25) is 0 Å². The summed E-state index contributed by atoms with van der Waals surface area (Å²) in [6, 6.07) is 0. The van der Waals surface area contributed by atoms with Gasteiger partial charge in [-0.25, -0.2) is 0 Å². The minimum absolute atomic E-state index is 0.127. The van der Waals surface area contributed by atoms with Gasteiger partial charge in [0.1, 0.15) is 0 Å². The molecule has 1 aliphatic heterocycles. The van der Waals surface area contributed by atoms with Gasteiger partial charge in [0, 0.05) is 0 Å². The van der Waals surface area contributed by atoms with Gasteiger partial charge in [-0.05, 0) is 31.6 Å². The zero-order valence-corrected chi connectivity index (χ0v) is 9.17. The molecule has 0 radical (unpaired) electrons. The number of hydrogen-bond acceptors (Lipinski definition) is 2. The van der Waals surface area contributed by atoms with E-state index in [1.165, 1.54) is 38.5 Å². The standard InChI is InChI=1S/C12H22O2/c1-2-10-5-3-4-7-12(10)8-6-11(9-13)14-12/h10-11,13H,2-9H2,1H3/t10-,11-,12-/m1/s1. The first-order valence-electron chi connectivity index (χ1n) is 6.09. The fraction of sp³-hybridized carbons (Fsp3) is 1.00. The largest absolute Gasteiger partial charge is 0.394 e. The van der Waals surface area contributed by atoms with Gasteiger partial charge in [0.2, 0.25) is 0 Å². The number of aliphatic hydroxyl groups excluding tert-OH is 1. The van der Waals surface area contributed by atoms with E-state index in [9.17, 15) is 0 Å². The van der Waals surface area contributed by atoms with Gasteiger partial charge in [0.15, 0.2) is 0 Å². The lowest BCUT2D eigenvalue weighted by Crippen LogP contribution is -2.40. The fourth-order valence-electron chi connectivity index (χ4n) is 3.33. The molecular weight excluding hydrogens is 176 g/mol. The number of hydrogen-bond donors (Lipinski definition) is 1. The van der Waals surface area contributed by atoms with Gasteiger partial charge < -0.3 is 9.84 Å². The summed E-state index contributed by atoms with van der Waals surface area (Å²) in [7, 11) is 0. The first-order chi connectivity index (χ1) is 6.80. The lowest BCUT2D eigenvalue weighted by atomic mass is 9.72. The molecule has 82 valence electrons. The summed E-state index contributed by atoms with van der Waals surface area (Å²) in [6.07, 6.45) is 8.84. The van der Waals surface area contributed by atoms with Crippen molar-refractivity contribution in [3.8, 4) is 0 Å². The highest BCUT2D eigenvalue weighted by Crippen LogP contribution is 2.46. The maximum Gasteiger partial charge on any atom is 0.0814 e. The molecule has 14 heavy (non-hydrogen) atoms. The van der Waals surface area contributed by atoms with Gasteiger partial charge in [-0.1, -0.05) is 26.2 Å². The van der Waals surface area contributed by atoms with E-state index < -0.39 is 0 Å². The van der Waals surface area contributed by atoms with Gasteiger partial charge in [0.25, 0.3) is 0 Å². The van der Waals surface area contributed by atoms with E-state index >= 15 is 0 Å². The second kappa shape index (κ2) is 4.19. The molecule has 0 bridgehead atoms. The lowest BCUT2D eigenvalue weighted by Gasteiger charge is -2.41. The molecular formula is C12H22O2. The normalized spacial score (nSPS) is 43.3. The average Bonchev–Trinajstić information content (AvgIpc) is 2.63. The molecule has 2 fully saturated rings. The van der Waals surface area contributed by atoms with Gasteiger partial charge in [-0.2, -0.15) is 0 Å². The van der Waals surface area contributed by atoms with Crippen molar-refractivity contribution in [1.29, 1.82) is 0 Å². The molecule has 1 aliphatic carbocycles. The van der Waals surface area contributed by atoms with Crippen molar-refractivity contribution in [3.63, 3.8) is 0 Å². The fourth-order valence-corrected chi connectivity index (χ4v) is 3.33. The van der Waals surface area contributed by atoms with E-state index in [2.05, 4.69) is 6.92 Å². The summed E-state index contributed by atoms with van der Waals surface area (Å²) in [4.78, 5) is 0. The van der Waals surface area contributed by atoms with Crippen molar-refractivity contribution >= 4 is 0 Å². The first-order valence-corrected chi connectivity index (χ1v) is 6.09. The van der Waals surface area contributed by atoms with Crippen LogP contribution in [0.25, 0.3) is 0 Å². The van der Waals surface area contributed by atoms with E-state index in [1.807, 2.05) is 0 Å². The van der Waals surface area contributed by atoms with E-state index in [0.29, 0.717) is 0 Å². The van der Waals surface area contributed by atoms with Crippen LogP contribution in [-0.4, -0.2) is 23.4 Å². The minimum Gasteiger partial charge on any atom is -0.394 e. The maximum atomic E-state index is 9.11. The van der Waals surface area contributed by atoms with Gasteiger partial charge >= 0.3 is 0 Å². The van der Waals surface area contributed by atoms with E-state index in [0.717, 1.165) is 12.3 Å². The predicted molar refractivity (Wildman–Crippen MR) is 56.2 cm³/mol. The van der Waals surface area contributed by atoms with E-state index in [-0.39, 0.29) is 18.3 Å². The smallest absolute Gasteiger partial charge is 0.0814 e. The molecule has 0 aromatic rings. The Hall–Kier alpha value is -0.0800. The second-order valence-corrected chi connectivity index (χ2v) is 4.88. The third-order valence-corrected chi connectivity index (χ3v) is 4.13. The molecule has 1 saturated carbocycles. The summed E-state index contributed by atoms with van der Waals surface area (Å²) in [5.41, 5.74) is 0.153. The van der Waals surface area contributed by atoms with Crippen LogP contribution in [0.2, 0.25) is 0 Å². The summed E-state index contributed by atoms with van der Waals surface area (Å²) in [5.74, 6) is 0.743. The Bertz CT molecular complexity index is 193. The summed E-state index contributed by atoms with van der Waals surface area (Å²) in [5, 5.41) is 9.11. The van der Waals surface area contributed by atoms with Crippen LogP contribution >= 0.6 is 0 Å². The SMILES string of the molecule is CC[C@@H]1CCCC[C@@]12CC[C@H](CO)O2. The Morgan fingerprint density at radius 2 is 2.14 bits per heavy atom. The van der Waals surface area contributed by atoms with Crippen molar-refractivity contribution in [2.24, 2.45) is 5.92 Å². The summed E-state index contributed by atoms with van der Waals surface area (Å²) >= 11 is 0. The summed E-state index contributed by atoms with van der Waals surface area (Å²) < 4.78 is 6.09. The lowest BCUT2D eigenvalue weighted by molar-refractivity contribution is -0.111. The maximum absolute atomic E-state index is 9.11. The Morgan fingerprint density at radius 1 is 1.29 bits per heavy atom. The third-order valence-electron chi connectivity index (χ3n) is 4.13. The molecule has 2 aliphatic rings. The molecule has 1 spiro atoms. The quantitative estimate of drug-likeness (QED) is 0.738. The predicted octanol–water partition coefficient (Wildman–Crippen LogP) is 2.50. The first kappa shape index (κ1) is 10.4. The molecule has 2 nitrogen and oxygen atoms in total. The van der Waals surface area contributed by atoms with Crippen LogP contribution < -0.4 is 0 Å². The van der Waals surface area contributed by atoms with Crippen molar-refractivity contribution in [2.45, 2.75) is 63.6 Å². The van der Waals surface area contributed by atoms with Crippen LogP contribution in [-0.2, 0) is 4.74 Å². The van der Waals surface area contributed by atoms with E-state index in [4.69, 9.17) is 9.84 Å². The zero-order chi connectivity index (χ0) is 10.0. The Kier molecular flexibility index (Phi) is 3.13. The van der Waals surface area contributed by atoms with E-state index in [1.54, 1.807) is 0 Å². The molecule has 3 atom stereocenters. The van der Waals surface area contributed by atoms with Crippen molar-refractivity contribution in [2.75, 3.05) is 6.61 Å². The van der Waals surface area contributed by atoms with Crippen LogP contribution in [0.3, 0.4) is 0 Å². The molecule has 0 amide bonds.